The van der Waals surface area contributed by atoms with Crippen molar-refractivity contribution in [3.63, 3.8) is 0 Å². The number of hydrogen-bond acceptors (Lipinski definition) is 5. The monoisotopic (exact) mass is 523 g/mol. The molecule has 2 aromatic rings. The molecule has 10 heteroatoms. The van der Waals surface area contributed by atoms with Gasteiger partial charge in [0.05, 0.1) is 18.6 Å². The minimum absolute atomic E-state index is 0.107. The maximum Gasteiger partial charge on any atom is 0.244 e. The molecule has 0 aliphatic carbocycles. The molecule has 8 nitrogen and oxygen atoms in total. The van der Waals surface area contributed by atoms with Crippen molar-refractivity contribution in [1.29, 1.82) is 0 Å². The van der Waals surface area contributed by atoms with Crippen LogP contribution in [0, 0.1) is 0 Å². The van der Waals surface area contributed by atoms with E-state index in [2.05, 4.69) is 5.32 Å². The molecule has 2 amide bonds. The Morgan fingerprint density at radius 1 is 1.06 bits per heavy atom. The van der Waals surface area contributed by atoms with E-state index in [-0.39, 0.29) is 12.5 Å². The zero-order chi connectivity index (χ0) is 26.4. The number of carbonyl (C=O) groups excluding carboxylic acids is 2. The van der Waals surface area contributed by atoms with Gasteiger partial charge in [-0.05, 0) is 76.6 Å². The van der Waals surface area contributed by atoms with Gasteiger partial charge in [-0.2, -0.15) is 0 Å². The maximum atomic E-state index is 13.5. The summed E-state index contributed by atoms with van der Waals surface area (Å²) in [7, 11) is -3.80. The van der Waals surface area contributed by atoms with Crippen LogP contribution >= 0.6 is 11.6 Å². The van der Waals surface area contributed by atoms with E-state index in [1.165, 1.54) is 4.90 Å². The Bertz CT molecular complexity index is 1110. The van der Waals surface area contributed by atoms with Gasteiger partial charge in [-0.25, -0.2) is 8.42 Å². The highest BCUT2D eigenvalue weighted by Gasteiger charge is 2.31. The lowest BCUT2D eigenvalue weighted by molar-refractivity contribution is -0.140. The SMILES string of the molecule is CCOc1ccc(N(CC(=O)N(Cc2ccc(Cl)cc2)[C@@H](C)C(=O)NC(C)(C)C)S(C)(=O)=O)cc1. The molecule has 0 saturated carbocycles. The second kappa shape index (κ2) is 11.8. The predicted octanol–water partition coefficient (Wildman–Crippen LogP) is 3.84. The molecule has 0 aromatic heterocycles. The molecule has 0 aliphatic heterocycles. The Labute approximate surface area is 213 Å². The number of hydrogen-bond donors (Lipinski definition) is 1. The lowest BCUT2D eigenvalue weighted by atomic mass is 10.1. The highest BCUT2D eigenvalue weighted by molar-refractivity contribution is 7.92. The van der Waals surface area contributed by atoms with Gasteiger partial charge in [0.15, 0.2) is 0 Å². The van der Waals surface area contributed by atoms with E-state index in [0.717, 1.165) is 16.1 Å². The number of amides is 2. The van der Waals surface area contributed by atoms with Crippen molar-refractivity contribution < 1.29 is 22.7 Å². The van der Waals surface area contributed by atoms with E-state index in [4.69, 9.17) is 16.3 Å². The molecule has 0 radical (unpaired) electrons. The zero-order valence-electron chi connectivity index (χ0n) is 21.0. The molecule has 192 valence electrons. The zero-order valence-corrected chi connectivity index (χ0v) is 22.6. The van der Waals surface area contributed by atoms with Crippen LogP contribution < -0.4 is 14.4 Å². The Morgan fingerprint density at radius 3 is 2.11 bits per heavy atom. The van der Waals surface area contributed by atoms with Crippen molar-refractivity contribution in [2.24, 2.45) is 0 Å². The van der Waals surface area contributed by atoms with Gasteiger partial charge in [0, 0.05) is 17.1 Å². The molecule has 0 saturated heterocycles. The first-order valence-corrected chi connectivity index (χ1v) is 13.5. The fourth-order valence-corrected chi connectivity index (χ4v) is 4.31. The van der Waals surface area contributed by atoms with Gasteiger partial charge >= 0.3 is 0 Å². The second-order valence-corrected chi connectivity index (χ2v) is 11.6. The molecular formula is C25H34ClN3O5S. The minimum atomic E-state index is -3.80. The number of carbonyl (C=O) groups is 2. The van der Waals surface area contributed by atoms with Gasteiger partial charge in [-0.3, -0.25) is 13.9 Å². The molecule has 1 atom stereocenters. The lowest BCUT2D eigenvalue weighted by Gasteiger charge is -2.33. The Kier molecular flexibility index (Phi) is 9.57. The molecule has 0 fully saturated rings. The minimum Gasteiger partial charge on any atom is -0.494 e. The number of nitrogens with one attached hydrogen (secondary N) is 1. The van der Waals surface area contributed by atoms with Crippen molar-refractivity contribution in [3.8, 4) is 5.75 Å². The molecule has 1 N–H and O–H groups in total. The average molecular weight is 524 g/mol. The van der Waals surface area contributed by atoms with Crippen LogP contribution in [-0.2, 0) is 26.2 Å². The van der Waals surface area contributed by atoms with Crippen LogP contribution in [0.3, 0.4) is 0 Å². The largest absolute Gasteiger partial charge is 0.494 e. The summed E-state index contributed by atoms with van der Waals surface area (Å²) in [5.41, 5.74) is 0.578. The summed E-state index contributed by atoms with van der Waals surface area (Å²) < 4.78 is 31.7. The highest BCUT2D eigenvalue weighted by Crippen LogP contribution is 2.23. The maximum absolute atomic E-state index is 13.5. The molecule has 2 rings (SSSR count). The molecular weight excluding hydrogens is 490 g/mol. The van der Waals surface area contributed by atoms with Crippen LogP contribution in [0.15, 0.2) is 48.5 Å². The highest BCUT2D eigenvalue weighted by atomic mass is 35.5. The third-order valence-corrected chi connectivity index (χ3v) is 6.44. The van der Waals surface area contributed by atoms with Crippen molar-refractivity contribution in [2.75, 3.05) is 23.7 Å². The van der Waals surface area contributed by atoms with E-state index in [0.29, 0.717) is 23.1 Å². The van der Waals surface area contributed by atoms with Crippen molar-refractivity contribution in [3.05, 3.63) is 59.1 Å². The van der Waals surface area contributed by atoms with E-state index in [1.54, 1.807) is 55.5 Å². The Hall–Kier alpha value is -2.78. The van der Waals surface area contributed by atoms with Crippen LogP contribution in [0.25, 0.3) is 0 Å². The third kappa shape index (κ3) is 8.74. The third-order valence-electron chi connectivity index (χ3n) is 5.05. The summed E-state index contributed by atoms with van der Waals surface area (Å²) in [6.07, 6.45) is 1.04. The van der Waals surface area contributed by atoms with E-state index < -0.39 is 34.1 Å². The molecule has 0 heterocycles. The second-order valence-electron chi connectivity index (χ2n) is 9.26. The van der Waals surface area contributed by atoms with Gasteiger partial charge in [-0.15, -0.1) is 0 Å². The summed E-state index contributed by atoms with van der Waals surface area (Å²) in [6, 6.07) is 12.5. The molecule has 35 heavy (non-hydrogen) atoms. The average Bonchev–Trinajstić information content (AvgIpc) is 2.75. The number of rotatable bonds is 10. The van der Waals surface area contributed by atoms with Crippen LogP contribution in [0.5, 0.6) is 5.75 Å². The van der Waals surface area contributed by atoms with Gasteiger partial charge in [-0.1, -0.05) is 23.7 Å². The van der Waals surface area contributed by atoms with Crippen LogP contribution in [0.4, 0.5) is 5.69 Å². The van der Waals surface area contributed by atoms with Crippen molar-refractivity contribution in [1.82, 2.24) is 10.2 Å². The first kappa shape index (κ1) is 28.5. The van der Waals surface area contributed by atoms with Gasteiger partial charge in [0.2, 0.25) is 21.8 Å². The summed E-state index contributed by atoms with van der Waals surface area (Å²) in [5.74, 6) is -0.268. The number of nitrogens with zero attached hydrogens (tertiary/aromatic N) is 2. The summed E-state index contributed by atoms with van der Waals surface area (Å²) >= 11 is 5.99. The van der Waals surface area contributed by atoms with E-state index >= 15 is 0 Å². The predicted molar refractivity (Wildman–Crippen MR) is 139 cm³/mol. The lowest BCUT2D eigenvalue weighted by Crippen LogP contribution is -2.54. The summed E-state index contributed by atoms with van der Waals surface area (Å²) in [6.45, 7) is 9.13. The van der Waals surface area contributed by atoms with E-state index in [9.17, 15) is 18.0 Å². The number of anilines is 1. The van der Waals surface area contributed by atoms with Crippen LogP contribution in [0.1, 0.15) is 40.2 Å². The molecule has 0 aliphatic rings. The van der Waals surface area contributed by atoms with Crippen LogP contribution in [0.2, 0.25) is 5.02 Å². The fraction of sp³-hybridized carbons (Fsp3) is 0.440. The Morgan fingerprint density at radius 2 is 1.63 bits per heavy atom. The van der Waals surface area contributed by atoms with Gasteiger partial charge in [0.1, 0.15) is 18.3 Å². The topological polar surface area (TPSA) is 96.0 Å². The molecule has 0 bridgehead atoms. The molecule has 0 spiro atoms. The fourth-order valence-electron chi connectivity index (χ4n) is 3.33. The standard InChI is InChI=1S/C25H34ClN3O5S/c1-7-34-22-14-12-21(13-15-22)29(35(6,32)33)17-23(30)28(16-19-8-10-20(26)11-9-19)18(2)24(31)27-25(3,4)5/h8-15,18H,7,16-17H2,1-6H3,(H,27,31)/t18-/m0/s1. The van der Waals surface area contributed by atoms with Gasteiger partial charge in [0.25, 0.3) is 0 Å². The van der Waals surface area contributed by atoms with Gasteiger partial charge < -0.3 is 15.0 Å². The summed E-state index contributed by atoms with van der Waals surface area (Å²) in [4.78, 5) is 27.8. The van der Waals surface area contributed by atoms with Crippen molar-refractivity contribution >= 4 is 39.1 Å². The number of benzene rings is 2. The Balaban J connectivity index is 2.37. The molecule has 0 unspecified atom stereocenters. The summed E-state index contributed by atoms with van der Waals surface area (Å²) in [5, 5.41) is 3.43. The normalized spacial score (nSPS) is 12.5. The molecule has 2 aromatic carbocycles. The smallest absolute Gasteiger partial charge is 0.244 e. The number of sulfonamides is 1. The van der Waals surface area contributed by atoms with E-state index in [1.807, 2.05) is 27.7 Å². The number of ether oxygens (including phenoxy) is 1. The quantitative estimate of drug-likeness (QED) is 0.510. The number of halogens is 1. The first-order chi connectivity index (χ1) is 16.2. The van der Waals surface area contributed by atoms with Crippen LogP contribution in [-0.4, -0.2) is 56.1 Å². The first-order valence-electron chi connectivity index (χ1n) is 11.3. The van der Waals surface area contributed by atoms with Crippen molar-refractivity contribution in [2.45, 2.75) is 52.7 Å².